The third-order valence-electron chi connectivity index (χ3n) is 6.16. The van der Waals surface area contributed by atoms with Crippen molar-refractivity contribution in [2.24, 2.45) is 0 Å². The Hall–Kier alpha value is -3.17. The topological polar surface area (TPSA) is 113 Å². The standard InChI is InChI=1S/C24H27N5O3S/c1-15-22(16(2)32-29-15)17-12-20-23(28-24(27-20)26-19-10-4-3-5-11-19)21(13-17)33(30,31)14-25-18-8-6-7-9-18/h3-5,10-13,18,25H,6-9,14H2,1-2H3,(H2,26,27,28). The Bertz CT molecular complexity index is 1370. The molecule has 5 rings (SSSR count). The number of anilines is 2. The molecule has 1 aliphatic rings. The second-order valence-corrected chi connectivity index (χ2v) is 10.5. The summed E-state index contributed by atoms with van der Waals surface area (Å²) in [7, 11) is -3.65. The summed E-state index contributed by atoms with van der Waals surface area (Å²) in [5.74, 6) is 1.00. The summed E-state index contributed by atoms with van der Waals surface area (Å²) < 4.78 is 32.3. The zero-order valence-corrected chi connectivity index (χ0v) is 19.5. The first-order valence-corrected chi connectivity index (χ1v) is 12.8. The number of aryl methyl sites for hydroxylation is 2. The molecule has 0 aliphatic heterocycles. The summed E-state index contributed by atoms with van der Waals surface area (Å²) in [6.45, 7) is 3.67. The van der Waals surface area contributed by atoms with Crippen LogP contribution < -0.4 is 10.6 Å². The molecule has 0 saturated heterocycles. The number of rotatable bonds is 7. The molecule has 172 valence electrons. The van der Waals surface area contributed by atoms with E-state index in [9.17, 15) is 8.42 Å². The van der Waals surface area contributed by atoms with Crippen molar-refractivity contribution in [3.8, 4) is 11.1 Å². The molecule has 2 heterocycles. The van der Waals surface area contributed by atoms with Gasteiger partial charge in [-0.25, -0.2) is 13.4 Å². The van der Waals surface area contributed by atoms with Crippen LogP contribution in [0, 0.1) is 13.8 Å². The fraction of sp³-hybridized carbons (Fsp3) is 0.333. The van der Waals surface area contributed by atoms with Crippen LogP contribution in [0.15, 0.2) is 51.9 Å². The molecule has 0 amide bonds. The number of hydrogen-bond acceptors (Lipinski definition) is 7. The fourth-order valence-corrected chi connectivity index (χ4v) is 5.88. The van der Waals surface area contributed by atoms with Crippen LogP contribution in [0.4, 0.5) is 11.6 Å². The van der Waals surface area contributed by atoms with Gasteiger partial charge in [-0.2, -0.15) is 0 Å². The summed E-state index contributed by atoms with van der Waals surface area (Å²) in [6.07, 6.45) is 4.30. The van der Waals surface area contributed by atoms with Crippen LogP contribution in [0.5, 0.6) is 0 Å². The van der Waals surface area contributed by atoms with Gasteiger partial charge in [0.1, 0.15) is 17.2 Å². The van der Waals surface area contributed by atoms with Gasteiger partial charge in [0.15, 0.2) is 9.84 Å². The Labute approximate surface area is 192 Å². The zero-order chi connectivity index (χ0) is 23.0. The van der Waals surface area contributed by atoms with E-state index in [1.807, 2.05) is 50.2 Å². The molecule has 1 saturated carbocycles. The van der Waals surface area contributed by atoms with E-state index in [4.69, 9.17) is 4.52 Å². The molecule has 0 spiro atoms. The van der Waals surface area contributed by atoms with Crippen molar-refractivity contribution in [3.63, 3.8) is 0 Å². The molecule has 2 aromatic heterocycles. The molecule has 9 heteroatoms. The van der Waals surface area contributed by atoms with E-state index in [0.717, 1.165) is 42.5 Å². The molecule has 0 bridgehead atoms. The van der Waals surface area contributed by atoms with Gasteiger partial charge in [0, 0.05) is 17.3 Å². The van der Waals surface area contributed by atoms with Crippen LogP contribution in [0.1, 0.15) is 37.1 Å². The van der Waals surface area contributed by atoms with Crippen molar-refractivity contribution in [1.82, 2.24) is 20.4 Å². The average Bonchev–Trinajstić information content (AvgIpc) is 3.52. The van der Waals surface area contributed by atoms with Gasteiger partial charge in [0.05, 0.1) is 16.1 Å². The highest BCUT2D eigenvalue weighted by Gasteiger charge is 2.25. The van der Waals surface area contributed by atoms with Crippen molar-refractivity contribution in [3.05, 3.63) is 53.9 Å². The Morgan fingerprint density at radius 1 is 1.12 bits per heavy atom. The van der Waals surface area contributed by atoms with E-state index in [-0.39, 0.29) is 16.8 Å². The number of aromatic nitrogens is 3. The molecule has 3 N–H and O–H groups in total. The Morgan fingerprint density at radius 2 is 1.88 bits per heavy atom. The number of benzene rings is 2. The second-order valence-electron chi connectivity index (χ2n) is 8.59. The van der Waals surface area contributed by atoms with Crippen molar-refractivity contribution in [1.29, 1.82) is 0 Å². The van der Waals surface area contributed by atoms with Gasteiger partial charge in [-0.1, -0.05) is 36.2 Å². The highest BCUT2D eigenvalue weighted by molar-refractivity contribution is 7.91. The minimum absolute atomic E-state index is 0.119. The summed E-state index contributed by atoms with van der Waals surface area (Å²) in [5, 5.41) is 10.5. The van der Waals surface area contributed by atoms with Crippen LogP contribution in [0.3, 0.4) is 0 Å². The number of nitrogens with one attached hydrogen (secondary N) is 3. The number of para-hydroxylation sites is 1. The Morgan fingerprint density at radius 3 is 2.58 bits per heavy atom. The number of H-pyrrole nitrogens is 1. The molecule has 2 aromatic carbocycles. The predicted octanol–water partition coefficient (Wildman–Crippen LogP) is 4.84. The normalized spacial score (nSPS) is 14.8. The maximum Gasteiger partial charge on any atom is 0.205 e. The molecule has 8 nitrogen and oxygen atoms in total. The molecule has 0 atom stereocenters. The van der Waals surface area contributed by atoms with Crippen molar-refractivity contribution >= 4 is 32.5 Å². The van der Waals surface area contributed by atoms with Crippen molar-refractivity contribution < 1.29 is 12.9 Å². The molecule has 1 aliphatic carbocycles. The third kappa shape index (κ3) is 4.38. The number of fused-ring (bicyclic) bond motifs is 1. The van der Waals surface area contributed by atoms with E-state index in [2.05, 4.69) is 25.8 Å². The highest BCUT2D eigenvalue weighted by atomic mass is 32.2. The monoisotopic (exact) mass is 465 g/mol. The van der Waals surface area contributed by atoms with Gasteiger partial charge in [0.2, 0.25) is 5.95 Å². The minimum atomic E-state index is -3.65. The van der Waals surface area contributed by atoms with Gasteiger partial charge in [-0.05, 0) is 56.5 Å². The van der Waals surface area contributed by atoms with Crippen molar-refractivity contribution in [2.45, 2.75) is 50.5 Å². The first-order valence-electron chi connectivity index (χ1n) is 11.2. The number of imidazole rings is 1. The van der Waals surface area contributed by atoms with Crippen LogP contribution in [0.25, 0.3) is 22.2 Å². The number of aromatic amines is 1. The maximum absolute atomic E-state index is 13.5. The largest absolute Gasteiger partial charge is 0.361 e. The SMILES string of the molecule is Cc1noc(C)c1-c1cc(S(=O)(=O)CNC2CCCC2)c2nc(Nc3ccccc3)[nH]c2c1. The van der Waals surface area contributed by atoms with E-state index in [1.54, 1.807) is 6.07 Å². The molecule has 1 fully saturated rings. The molecule has 0 unspecified atom stereocenters. The lowest BCUT2D eigenvalue weighted by molar-refractivity contribution is 0.393. The van der Waals surface area contributed by atoms with Crippen LogP contribution in [0.2, 0.25) is 0 Å². The summed E-state index contributed by atoms with van der Waals surface area (Å²) >= 11 is 0. The van der Waals surface area contributed by atoms with Gasteiger partial charge < -0.3 is 20.1 Å². The predicted molar refractivity (Wildman–Crippen MR) is 128 cm³/mol. The molecule has 33 heavy (non-hydrogen) atoms. The Kier molecular flexibility index (Phi) is 5.67. The number of nitrogens with zero attached hydrogens (tertiary/aromatic N) is 2. The lowest BCUT2D eigenvalue weighted by atomic mass is 10.0. The maximum atomic E-state index is 13.5. The van der Waals surface area contributed by atoms with Crippen LogP contribution in [-0.2, 0) is 9.84 Å². The van der Waals surface area contributed by atoms with Gasteiger partial charge >= 0.3 is 0 Å². The van der Waals surface area contributed by atoms with E-state index in [0.29, 0.717) is 28.4 Å². The highest BCUT2D eigenvalue weighted by Crippen LogP contribution is 2.34. The first-order chi connectivity index (χ1) is 15.9. The first kappa shape index (κ1) is 21.7. The fourth-order valence-electron chi connectivity index (χ4n) is 4.51. The average molecular weight is 466 g/mol. The molecular formula is C24H27N5O3S. The lowest BCUT2D eigenvalue weighted by Crippen LogP contribution is -2.31. The van der Waals surface area contributed by atoms with Gasteiger partial charge in [-0.3, -0.25) is 0 Å². The minimum Gasteiger partial charge on any atom is -0.361 e. The second kappa shape index (κ2) is 8.64. The molecule has 4 aromatic rings. The van der Waals surface area contributed by atoms with Crippen LogP contribution in [-0.4, -0.2) is 35.5 Å². The van der Waals surface area contributed by atoms with E-state index in [1.165, 1.54) is 0 Å². The third-order valence-corrected chi connectivity index (χ3v) is 7.69. The van der Waals surface area contributed by atoms with Gasteiger partial charge in [-0.15, -0.1) is 0 Å². The van der Waals surface area contributed by atoms with E-state index < -0.39 is 9.84 Å². The lowest BCUT2D eigenvalue weighted by Gasteiger charge is -2.13. The summed E-state index contributed by atoms with van der Waals surface area (Å²) in [6, 6.07) is 13.5. The van der Waals surface area contributed by atoms with E-state index >= 15 is 0 Å². The van der Waals surface area contributed by atoms with Crippen molar-refractivity contribution in [2.75, 3.05) is 11.2 Å². The Balaban J connectivity index is 1.59. The molecular weight excluding hydrogens is 438 g/mol. The number of hydrogen-bond donors (Lipinski definition) is 3. The zero-order valence-electron chi connectivity index (χ0n) is 18.7. The smallest absolute Gasteiger partial charge is 0.205 e. The summed E-state index contributed by atoms with van der Waals surface area (Å²) in [4.78, 5) is 8.04. The molecule has 0 radical (unpaired) electrons. The van der Waals surface area contributed by atoms with Gasteiger partial charge in [0.25, 0.3) is 0 Å². The van der Waals surface area contributed by atoms with Crippen LogP contribution >= 0.6 is 0 Å². The summed E-state index contributed by atoms with van der Waals surface area (Å²) in [5.41, 5.74) is 4.14. The number of sulfone groups is 1. The quantitative estimate of drug-likeness (QED) is 0.358.